The first-order chi connectivity index (χ1) is 12.6. The summed E-state index contributed by atoms with van der Waals surface area (Å²) in [6.45, 7) is 3.18. The van der Waals surface area contributed by atoms with Gasteiger partial charge >= 0.3 is 0 Å². The molecule has 7 nitrogen and oxygen atoms in total. The number of amides is 2. The van der Waals surface area contributed by atoms with E-state index in [-0.39, 0.29) is 29.3 Å². The molecule has 1 aromatic rings. The minimum atomic E-state index is -0.476. The fourth-order valence-corrected chi connectivity index (χ4v) is 4.58. The predicted molar refractivity (Wildman–Crippen MR) is 93.6 cm³/mol. The average molecular weight is 359 g/mol. The van der Waals surface area contributed by atoms with Crippen LogP contribution in [0.5, 0.6) is 5.75 Å². The van der Waals surface area contributed by atoms with E-state index in [0.717, 1.165) is 32.2 Å². The highest BCUT2D eigenvalue weighted by molar-refractivity contribution is 5.96. The summed E-state index contributed by atoms with van der Waals surface area (Å²) in [6, 6.07) is 3.32. The molecule has 7 heteroatoms. The van der Waals surface area contributed by atoms with Crippen molar-refractivity contribution in [1.29, 1.82) is 0 Å². The first-order valence-corrected chi connectivity index (χ1v) is 9.43. The van der Waals surface area contributed by atoms with Crippen LogP contribution in [-0.2, 0) is 9.53 Å². The van der Waals surface area contributed by atoms with Crippen molar-refractivity contribution in [2.75, 3.05) is 32.8 Å². The molecule has 4 rings (SSSR count). The zero-order chi connectivity index (χ0) is 18.1. The van der Waals surface area contributed by atoms with Crippen molar-refractivity contribution < 1.29 is 19.4 Å². The molecule has 0 aromatic carbocycles. The average Bonchev–Trinajstić information content (AvgIpc) is 3.10. The number of hydrogen-bond donors (Lipinski definition) is 1. The lowest BCUT2D eigenvalue weighted by Crippen LogP contribution is -2.55. The third kappa shape index (κ3) is 2.94. The molecule has 3 saturated heterocycles. The lowest BCUT2D eigenvalue weighted by Gasteiger charge is -2.44. The molecule has 1 spiro atoms. The molecule has 3 aliphatic rings. The van der Waals surface area contributed by atoms with E-state index >= 15 is 0 Å². The maximum absolute atomic E-state index is 13.3. The molecular weight excluding hydrogens is 334 g/mol. The van der Waals surface area contributed by atoms with Crippen LogP contribution in [0, 0.1) is 5.41 Å². The summed E-state index contributed by atoms with van der Waals surface area (Å²) in [4.78, 5) is 33.8. The van der Waals surface area contributed by atoms with Crippen LogP contribution in [0.25, 0.3) is 0 Å². The summed E-state index contributed by atoms with van der Waals surface area (Å²) in [5.74, 6) is -0.218. The lowest BCUT2D eigenvalue weighted by molar-refractivity contribution is -0.150. The van der Waals surface area contributed by atoms with Crippen LogP contribution in [-0.4, -0.2) is 70.6 Å². The zero-order valence-corrected chi connectivity index (χ0v) is 14.9. The number of aromatic nitrogens is 1. The number of carbonyl (C=O) groups excluding carboxylic acids is 2. The van der Waals surface area contributed by atoms with Crippen molar-refractivity contribution in [1.82, 2.24) is 14.8 Å². The molecule has 3 fully saturated rings. The van der Waals surface area contributed by atoms with Crippen molar-refractivity contribution >= 4 is 11.8 Å². The van der Waals surface area contributed by atoms with Gasteiger partial charge in [-0.25, -0.2) is 4.98 Å². The molecule has 26 heavy (non-hydrogen) atoms. The molecule has 0 bridgehead atoms. The van der Waals surface area contributed by atoms with E-state index in [1.807, 2.05) is 4.90 Å². The maximum atomic E-state index is 13.3. The van der Waals surface area contributed by atoms with Crippen molar-refractivity contribution in [3.63, 3.8) is 0 Å². The largest absolute Gasteiger partial charge is 0.505 e. The Morgan fingerprint density at radius 1 is 1.27 bits per heavy atom. The summed E-state index contributed by atoms with van der Waals surface area (Å²) >= 11 is 0. The van der Waals surface area contributed by atoms with Gasteiger partial charge in [-0.3, -0.25) is 9.59 Å². The molecule has 4 heterocycles. The number of ether oxygens (including phenoxy) is 1. The number of piperidine rings is 1. The molecular formula is C19H25N3O4. The lowest BCUT2D eigenvalue weighted by atomic mass is 9.77. The van der Waals surface area contributed by atoms with E-state index in [1.165, 1.54) is 12.3 Å². The number of likely N-dealkylation sites (tertiary alicyclic amines) is 2. The quantitative estimate of drug-likeness (QED) is 0.863. The summed E-state index contributed by atoms with van der Waals surface area (Å²) in [5, 5.41) is 9.91. The second kappa shape index (κ2) is 6.87. The van der Waals surface area contributed by atoms with E-state index in [4.69, 9.17) is 4.74 Å². The van der Waals surface area contributed by atoms with Crippen LogP contribution in [0.15, 0.2) is 18.3 Å². The van der Waals surface area contributed by atoms with Gasteiger partial charge in [0.2, 0.25) is 5.91 Å². The van der Waals surface area contributed by atoms with Gasteiger partial charge in [-0.2, -0.15) is 0 Å². The van der Waals surface area contributed by atoms with Gasteiger partial charge in [0.15, 0.2) is 5.69 Å². The Morgan fingerprint density at radius 2 is 2.08 bits per heavy atom. The van der Waals surface area contributed by atoms with Gasteiger partial charge in [0, 0.05) is 45.1 Å². The molecule has 0 saturated carbocycles. The van der Waals surface area contributed by atoms with Crippen LogP contribution in [0.4, 0.5) is 0 Å². The molecule has 1 atom stereocenters. The summed E-state index contributed by atoms with van der Waals surface area (Å²) in [5.41, 5.74) is -0.412. The van der Waals surface area contributed by atoms with Crippen LogP contribution >= 0.6 is 0 Å². The number of aromatic hydroxyl groups is 1. The fourth-order valence-electron chi connectivity index (χ4n) is 4.58. The van der Waals surface area contributed by atoms with Gasteiger partial charge in [0.25, 0.3) is 5.91 Å². The van der Waals surface area contributed by atoms with Gasteiger partial charge in [-0.15, -0.1) is 0 Å². The number of carbonyl (C=O) groups is 2. The van der Waals surface area contributed by atoms with Gasteiger partial charge in [0.1, 0.15) is 5.75 Å². The smallest absolute Gasteiger partial charge is 0.276 e. The van der Waals surface area contributed by atoms with Gasteiger partial charge < -0.3 is 19.6 Å². The monoisotopic (exact) mass is 359 g/mol. The van der Waals surface area contributed by atoms with Crippen molar-refractivity contribution in [2.24, 2.45) is 5.41 Å². The molecule has 1 N–H and O–H groups in total. The topological polar surface area (TPSA) is 83.0 Å². The normalized spacial score (nSPS) is 27.3. The highest BCUT2D eigenvalue weighted by atomic mass is 16.5. The highest BCUT2D eigenvalue weighted by Gasteiger charge is 2.50. The van der Waals surface area contributed by atoms with Crippen molar-refractivity contribution in [3.05, 3.63) is 24.0 Å². The van der Waals surface area contributed by atoms with Crippen LogP contribution < -0.4 is 0 Å². The standard InChI is InChI=1S/C19H25N3O4/c23-15-3-1-8-20-16(15)17(24)21-10-7-19(13-21)6-2-9-22(18(19)25)14-4-11-26-12-5-14/h1,3,8,14,23H,2,4-7,9-13H2. The molecule has 1 unspecified atom stereocenters. The van der Waals surface area contributed by atoms with E-state index in [9.17, 15) is 14.7 Å². The maximum Gasteiger partial charge on any atom is 0.276 e. The van der Waals surface area contributed by atoms with Crippen LogP contribution in [0.2, 0.25) is 0 Å². The Labute approximate surface area is 152 Å². The van der Waals surface area contributed by atoms with E-state index < -0.39 is 5.41 Å². The molecule has 0 radical (unpaired) electrons. The summed E-state index contributed by atoms with van der Waals surface area (Å²) < 4.78 is 5.43. The Kier molecular flexibility index (Phi) is 4.56. The predicted octanol–water partition coefficient (Wildman–Crippen LogP) is 1.42. The van der Waals surface area contributed by atoms with E-state index in [2.05, 4.69) is 4.98 Å². The fraction of sp³-hybridized carbons (Fsp3) is 0.632. The summed E-state index contributed by atoms with van der Waals surface area (Å²) in [7, 11) is 0. The minimum Gasteiger partial charge on any atom is -0.505 e. The SMILES string of the molecule is O=C(c1ncccc1O)N1CCC2(CCCN(C3CCOCC3)C2=O)C1. The third-order valence-electron chi connectivity index (χ3n) is 6.03. The molecule has 1 aromatic heterocycles. The number of nitrogens with zero attached hydrogens (tertiary/aromatic N) is 3. The molecule has 0 aliphatic carbocycles. The Hall–Kier alpha value is -2.15. The van der Waals surface area contributed by atoms with Crippen molar-refractivity contribution in [2.45, 2.75) is 38.1 Å². The highest BCUT2D eigenvalue weighted by Crippen LogP contribution is 2.42. The molecule has 2 amide bonds. The molecule has 140 valence electrons. The Bertz CT molecular complexity index is 704. The van der Waals surface area contributed by atoms with Gasteiger partial charge in [-0.05, 0) is 44.2 Å². The second-order valence-corrected chi connectivity index (χ2v) is 7.57. The number of rotatable bonds is 2. The first kappa shape index (κ1) is 17.3. The second-order valence-electron chi connectivity index (χ2n) is 7.57. The number of hydrogen-bond acceptors (Lipinski definition) is 5. The summed E-state index contributed by atoms with van der Waals surface area (Å²) in [6.07, 6.45) is 5.77. The minimum absolute atomic E-state index is 0.0640. The van der Waals surface area contributed by atoms with Crippen LogP contribution in [0.3, 0.4) is 0 Å². The van der Waals surface area contributed by atoms with Crippen LogP contribution in [0.1, 0.15) is 42.6 Å². The van der Waals surface area contributed by atoms with E-state index in [1.54, 1.807) is 11.0 Å². The Balaban J connectivity index is 1.50. The van der Waals surface area contributed by atoms with E-state index in [0.29, 0.717) is 32.7 Å². The van der Waals surface area contributed by atoms with Gasteiger partial charge in [-0.1, -0.05) is 0 Å². The third-order valence-corrected chi connectivity index (χ3v) is 6.03. The zero-order valence-electron chi connectivity index (χ0n) is 14.9. The van der Waals surface area contributed by atoms with Crippen molar-refractivity contribution in [3.8, 4) is 5.75 Å². The molecule has 3 aliphatic heterocycles. The Morgan fingerprint density at radius 3 is 2.85 bits per heavy atom. The first-order valence-electron chi connectivity index (χ1n) is 9.43. The number of pyridine rings is 1. The van der Waals surface area contributed by atoms with Gasteiger partial charge in [0.05, 0.1) is 5.41 Å².